The lowest BCUT2D eigenvalue weighted by atomic mass is 9.99. The van der Waals surface area contributed by atoms with Crippen molar-refractivity contribution in [2.75, 3.05) is 56.5 Å². The molecule has 9 aromatic rings. The highest BCUT2D eigenvalue weighted by Gasteiger charge is 2.31. The van der Waals surface area contributed by atoms with Gasteiger partial charge in [-0.1, -0.05) is 30.3 Å². The second-order valence-corrected chi connectivity index (χ2v) is 22.5. The number of pyridine rings is 5. The van der Waals surface area contributed by atoms with Gasteiger partial charge in [-0.2, -0.15) is 0 Å². The van der Waals surface area contributed by atoms with Gasteiger partial charge in [0, 0.05) is 74.0 Å². The van der Waals surface area contributed by atoms with Crippen LogP contribution in [0, 0.1) is 38.2 Å². The molecule has 3 aliphatic heterocycles. The first kappa shape index (κ1) is 61.9. The molecule has 3 aliphatic rings. The lowest BCUT2D eigenvalue weighted by Gasteiger charge is -2.18. The minimum Gasteiger partial charge on any atom is -0.487 e. The monoisotopic (exact) mass is 1200 g/mol. The van der Waals surface area contributed by atoms with E-state index in [4.69, 9.17) is 26.7 Å². The Balaban J connectivity index is 0.000000147. The molecule has 0 radical (unpaired) electrons. The van der Waals surface area contributed by atoms with Gasteiger partial charge in [0.15, 0.2) is 0 Å². The van der Waals surface area contributed by atoms with Gasteiger partial charge in [0.1, 0.15) is 41.2 Å². The van der Waals surface area contributed by atoms with Crippen LogP contribution in [0.25, 0.3) is 33.8 Å². The van der Waals surface area contributed by atoms with Crippen molar-refractivity contribution in [3.63, 3.8) is 0 Å². The normalized spacial score (nSPS) is 16.0. The summed E-state index contributed by atoms with van der Waals surface area (Å²) >= 11 is 0. The predicted octanol–water partition coefficient (Wildman–Crippen LogP) is 11.1. The molecule has 16 nitrogen and oxygen atoms in total. The van der Waals surface area contributed by atoms with E-state index < -0.39 is 0 Å². The lowest BCUT2D eigenvalue weighted by molar-refractivity contribution is -0.130. The number of aromatic nitrogens is 5. The molecule has 0 aliphatic carbocycles. The lowest BCUT2D eigenvalue weighted by Crippen LogP contribution is -2.32. The molecule has 5 aromatic heterocycles. The largest absolute Gasteiger partial charge is 0.487 e. The number of benzene rings is 4. The Labute approximate surface area is 515 Å². The third-order valence-corrected chi connectivity index (χ3v) is 16.1. The van der Waals surface area contributed by atoms with E-state index in [1.54, 1.807) is 83.1 Å². The number of ether oxygens (including phenoxy) is 2. The first-order valence-electron chi connectivity index (χ1n) is 29.6. The van der Waals surface area contributed by atoms with E-state index in [0.29, 0.717) is 94.8 Å². The van der Waals surface area contributed by atoms with Gasteiger partial charge in [0.2, 0.25) is 17.7 Å². The van der Waals surface area contributed by atoms with Crippen molar-refractivity contribution in [3.8, 4) is 45.3 Å². The zero-order chi connectivity index (χ0) is 62.6. The highest BCUT2D eigenvalue weighted by molar-refractivity contribution is 5.82. The maximum atomic E-state index is 13.4. The number of nitrogens with zero attached hydrogens (tertiary/aromatic N) is 8. The average molecular weight is 1200 g/mol. The van der Waals surface area contributed by atoms with Gasteiger partial charge in [-0.3, -0.25) is 39.3 Å². The van der Waals surface area contributed by atoms with Crippen LogP contribution in [0.15, 0.2) is 170 Å². The average Bonchev–Trinajstić information content (AvgIpc) is 4.21. The van der Waals surface area contributed by atoms with E-state index in [1.165, 1.54) is 42.0 Å². The van der Waals surface area contributed by atoms with Crippen LogP contribution >= 0.6 is 0 Å². The van der Waals surface area contributed by atoms with Gasteiger partial charge in [-0.05, 0) is 165 Å². The minimum absolute atomic E-state index is 0.0376. The van der Waals surface area contributed by atoms with Gasteiger partial charge in [0.25, 0.3) is 0 Å². The quantitative estimate of drug-likeness (QED) is 0.0923. The maximum Gasteiger partial charge on any atom is 0.228 e. The Morgan fingerprint density at radius 1 is 0.461 bits per heavy atom. The fraction of sp³-hybridized carbons (Fsp3) is 0.257. The number of amides is 3. The summed E-state index contributed by atoms with van der Waals surface area (Å²) in [5.41, 5.74) is 29.4. The predicted molar refractivity (Wildman–Crippen MR) is 338 cm³/mol. The van der Waals surface area contributed by atoms with E-state index in [9.17, 15) is 27.6 Å². The number of hydrogen-bond donors (Lipinski definition) is 3. The number of hydrogen-bond acceptors (Lipinski definition) is 13. The van der Waals surface area contributed by atoms with Gasteiger partial charge in [-0.15, -0.1) is 0 Å². The highest BCUT2D eigenvalue weighted by atomic mass is 19.1. The van der Waals surface area contributed by atoms with Crippen LogP contribution < -0.4 is 26.7 Å². The Morgan fingerprint density at radius 3 is 1.19 bits per heavy atom. The van der Waals surface area contributed by atoms with E-state index >= 15 is 0 Å². The van der Waals surface area contributed by atoms with E-state index in [0.717, 1.165) is 65.7 Å². The molecular weight excluding hydrogens is 1130 g/mol. The second kappa shape index (κ2) is 28.6. The molecule has 0 bridgehead atoms. The van der Waals surface area contributed by atoms with Crippen LogP contribution in [0.4, 0.5) is 30.2 Å². The maximum absolute atomic E-state index is 13.4. The number of carbonyl (C=O) groups is 3. The number of nitrogens with two attached hydrogens (primary N) is 3. The summed E-state index contributed by atoms with van der Waals surface area (Å²) in [6.07, 6.45) is 9.47. The van der Waals surface area contributed by atoms with Crippen molar-refractivity contribution in [2.45, 2.75) is 77.4 Å². The molecule has 4 aromatic carbocycles. The van der Waals surface area contributed by atoms with E-state index in [-0.39, 0.29) is 66.6 Å². The Hall–Kier alpha value is -10.2. The number of nitrogen functional groups attached to an aromatic ring is 3. The van der Waals surface area contributed by atoms with Crippen molar-refractivity contribution in [1.29, 1.82) is 0 Å². The topological polar surface area (TPSA) is 222 Å². The van der Waals surface area contributed by atoms with Crippen molar-refractivity contribution in [3.05, 3.63) is 227 Å². The smallest absolute Gasteiger partial charge is 0.228 e. The fourth-order valence-corrected chi connectivity index (χ4v) is 11.2. The Bertz CT molecular complexity index is 3790. The van der Waals surface area contributed by atoms with Crippen molar-refractivity contribution < 1.29 is 37.0 Å². The first-order chi connectivity index (χ1) is 43.0. The summed E-state index contributed by atoms with van der Waals surface area (Å²) in [4.78, 5) is 65.9. The number of rotatable bonds is 14. The van der Waals surface area contributed by atoms with Gasteiger partial charge >= 0.3 is 0 Å². The molecule has 0 saturated carbocycles. The molecule has 3 saturated heterocycles. The summed E-state index contributed by atoms with van der Waals surface area (Å²) in [6, 6.07) is 42.0. The van der Waals surface area contributed by atoms with Gasteiger partial charge in [0.05, 0.1) is 96.0 Å². The van der Waals surface area contributed by atoms with Crippen LogP contribution in [-0.4, -0.2) is 109 Å². The molecule has 6 N–H and O–H groups in total. The molecule has 1 unspecified atom stereocenters. The van der Waals surface area contributed by atoms with Crippen LogP contribution in [0.5, 0.6) is 11.5 Å². The minimum atomic E-state index is -0.292. The third kappa shape index (κ3) is 16.1. The van der Waals surface area contributed by atoms with E-state index in [1.807, 2.05) is 74.2 Å². The number of aryl methyl sites for hydroxylation is 3. The van der Waals surface area contributed by atoms with Crippen molar-refractivity contribution in [2.24, 2.45) is 0 Å². The zero-order valence-corrected chi connectivity index (χ0v) is 49.9. The highest BCUT2D eigenvalue weighted by Crippen LogP contribution is 2.31. The molecule has 0 spiro atoms. The number of halogens is 3. The summed E-state index contributed by atoms with van der Waals surface area (Å²) in [6.45, 7) is 9.25. The SMILES string of the molecule is Cc1cc(F)ccc1-c1ccc(N)c(CC(=O)N2CCC(c3ccccc3)C2)n1.Cc1cc(F)ccc1-c1ccc(N)c(CC(=O)N2CC[C@@H](Oc3cccnc3)C2)n1.Cc1cc(F)ccc1-c1ccc(N)c(CC(=O)N2CC[C@H](Oc3cccnc3)C2)n1. The second-order valence-electron chi connectivity index (χ2n) is 22.5. The zero-order valence-electron chi connectivity index (χ0n) is 49.9. The summed E-state index contributed by atoms with van der Waals surface area (Å²) in [5, 5.41) is 0. The van der Waals surface area contributed by atoms with Gasteiger partial charge < -0.3 is 41.4 Å². The summed E-state index contributed by atoms with van der Waals surface area (Å²) < 4.78 is 52.1. The molecular formula is C70H70F3N11O5. The first-order valence-corrected chi connectivity index (χ1v) is 29.6. The number of anilines is 3. The van der Waals surface area contributed by atoms with E-state index in [2.05, 4.69) is 37.1 Å². The Morgan fingerprint density at radius 2 is 0.831 bits per heavy atom. The molecule has 3 atom stereocenters. The van der Waals surface area contributed by atoms with Crippen LogP contribution in [-0.2, 0) is 33.6 Å². The van der Waals surface area contributed by atoms with Crippen molar-refractivity contribution >= 4 is 34.8 Å². The van der Waals surface area contributed by atoms with Crippen molar-refractivity contribution in [1.82, 2.24) is 39.6 Å². The Kier molecular flexibility index (Phi) is 19.9. The molecule has 12 rings (SSSR count). The molecule has 3 amide bonds. The fourth-order valence-electron chi connectivity index (χ4n) is 11.2. The molecule has 3 fully saturated rings. The summed E-state index contributed by atoms with van der Waals surface area (Å²) in [7, 11) is 0. The molecule has 89 heavy (non-hydrogen) atoms. The molecule has 8 heterocycles. The van der Waals surface area contributed by atoms with Crippen LogP contribution in [0.3, 0.4) is 0 Å². The molecule has 19 heteroatoms. The van der Waals surface area contributed by atoms with Crippen LogP contribution in [0.2, 0.25) is 0 Å². The van der Waals surface area contributed by atoms with Gasteiger partial charge in [-0.25, -0.2) is 13.2 Å². The number of likely N-dealkylation sites (tertiary alicyclic amines) is 3. The molecule has 456 valence electrons. The number of carbonyl (C=O) groups excluding carboxylic acids is 3. The standard InChI is InChI=1S/C24H24FN3O.2C23H23FN4O2/c1-16-13-19(25)7-8-20(16)22-10-9-21(26)23(27-22)14-24(29)28-12-11-18(15-28)17-5-3-2-4-6-17;2*1-15-11-16(24)4-5-19(15)21-7-6-20(25)22(27-21)12-23(29)28-10-8-18(14-28)30-17-3-2-9-26-13-17/h2-10,13,18H,11-12,14-15,26H2,1H3;2*2-7,9,11,13,18H,8,10,12,14,25H2,1H3/t;2*18-/m.10/s1. The van der Waals surface area contributed by atoms with Crippen LogP contribution in [0.1, 0.15) is 64.5 Å². The summed E-state index contributed by atoms with van der Waals surface area (Å²) in [5.74, 6) is 0.862. The third-order valence-electron chi connectivity index (χ3n) is 16.1.